The van der Waals surface area contributed by atoms with Gasteiger partial charge in [0.2, 0.25) is 10.0 Å². The van der Waals surface area contributed by atoms with Crippen molar-refractivity contribution in [2.24, 2.45) is 5.92 Å². The Kier molecular flexibility index (Phi) is 6.29. The van der Waals surface area contributed by atoms with E-state index in [2.05, 4.69) is 18.6 Å². The van der Waals surface area contributed by atoms with Gasteiger partial charge >= 0.3 is 0 Å². The molecule has 3 N–H and O–H groups in total. The molecule has 6 heteroatoms. The van der Waals surface area contributed by atoms with Crippen molar-refractivity contribution in [3.63, 3.8) is 0 Å². The summed E-state index contributed by atoms with van der Waals surface area (Å²) in [6.45, 7) is 6.92. The maximum absolute atomic E-state index is 11.9. The van der Waals surface area contributed by atoms with Gasteiger partial charge in [-0.25, -0.2) is 13.1 Å². The van der Waals surface area contributed by atoms with Gasteiger partial charge < -0.3 is 10.5 Å². The summed E-state index contributed by atoms with van der Waals surface area (Å²) in [6, 6.07) is 4.51. The van der Waals surface area contributed by atoms with Gasteiger partial charge in [-0.15, -0.1) is 0 Å². The average Bonchev–Trinajstić information content (AvgIpc) is 2.36. The normalized spacial score (nSPS) is 11.8. The first-order chi connectivity index (χ1) is 9.36. The molecule has 0 heterocycles. The van der Waals surface area contributed by atoms with Crippen LogP contribution in [0.1, 0.15) is 33.6 Å². The van der Waals surface area contributed by atoms with Gasteiger partial charge in [-0.2, -0.15) is 0 Å². The minimum absolute atomic E-state index is 0.174. The van der Waals surface area contributed by atoms with Gasteiger partial charge in [0, 0.05) is 12.6 Å². The lowest BCUT2D eigenvalue weighted by atomic mass is 10.1. The zero-order valence-electron chi connectivity index (χ0n) is 12.3. The highest BCUT2D eigenvalue weighted by atomic mass is 32.2. The van der Waals surface area contributed by atoms with Crippen molar-refractivity contribution in [3.05, 3.63) is 18.2 Å². The molecule has 114 valence electrons. The third-order valence-corrected chi connectivity index (χ3v) is 4.36. The van der Waals surface area contributed by atoms with Crippen LogP contribution < -0.4 is 15.2 Å². The van der Waals surface area contributed by atoms with Gasteiger partial charge in [-0.05, 0) is 30.9 Å². The Bertz CT molecular complexity index is 527. The van der Waals surface area contributed by atoms with Crippen molar-refractivity contribution in [2.75, 3.05) is 18.9 Å². The maximum Gasteiger partial charge on any atom is 0.240 e. The van der Waals surface area contributed by atoms with E-state index < -0.39 is 10.0 Å². The number of ether oxygens (including phenoxy) is 1. The van der Waals surface area contributed by atoms with Crippen molar-refractivity contribution in [3.8, 4) is 5.75 Å². The molecule has 0 saturated carbocycles. The number of benzene rings is 1. The Balaban J connectivity index is 2.77. The van der Waals surface area contributed by atoms with Crippen LogP contribution in [0.15, 0.2) is 23.1 Å². The molecule has 0 aliphatic heterocycles. The average molecular weight is 300 g/mol. The Morgan fingerprint density at radius 2 is 2.05 bits per heavy atom. The molecular formula is C14H24N2O3S. The molecule has 0 aliphatic rings. The predicted octanol–water partition coefficient (Wildman–Crippen LogP) is 2.38. The second kappa shape index (κ2) is 7.50. The van der Waals surface area contributed by atoms with E-state index in [0.717, 1.165) is 12.8 Å². The summed E-state index contributed by atoms with van der Waals surface area (Å²) >= 11 is 0. The Hall–Kier alpha value is -1.27. The summed E-state index contributed by atoms with van der Waals surface area (Å²) in [4.78, 5) is 0.174. The fourth-order valence-corrected chi connectivity index (χ4v) is 2.81. The Morgan fingerprint density at radius 3 is 2.65 bits per heavy atom. The Morgan fingerprint density at radius 1 is 1.35 bits per heavy atom. The van der Waals surface area contributed by atoms with Gasteiger partial charge in [0.15, 0.2) is 0 Å². The van der Waals surface area contributed by atoms with E-state index in [-0.39, 0.29) is 4.90 Å². The van der Waals surface area contributed by atoms with Crippen molar-refractivity contribution >= 4 is 15.7 Å². The molecule has 0 spiro atoms. The summed E-state index contributed by atoms with van der Waals surface area (Å²) < 4.78 is 31.8. The molecule has 0 fully saturated rings. The van der Waals surface area contributed by atoms with Gasteiger partial charge in [0.1, 0.15) is 5.75 Å². The van der Waals surface area contributed by atoms with Crippen LogP contribution in [0.3, 0.4) is 0 Å². The molecule has 0 atom stereocenters. The number of anilines is 1. The van der Waals surface area contributed by atoms with Crippen LogP contribution in [0.5, 0.6) is 5.75 Å². The van der Waals surface area contributed by atoms with Crippen LogP contribution in [0.25, 0.3) is 0 Å². The third-order valence-electron chi connectivity index (χ3n) is 2.81. The zero-order chi connectivity index (χ0) is 15.2. The third kappa shape index (κ3) is 5.02. The number of nitrogen functional groups attached to an aromatic ring is 1. The second-order valence-electron chi connectivity index (χ2n) is 5.09. The minimum atomic E-state index is -3.48. The number of rotatable bonds is 8. The second-order valence-corrected chi connectivity index (χ2v) is 6.85. The van der Waals surface area contributed by atoms with Gasteiger partial charge in [-0.3, -0.25) is 0 Å². The van der Waals surface area contributed by atoms with Crippen molar-refractivity contribution in [1.82, 2.24) is 4.72 Å². The van der Waals surface area contributed by atoms with Crippen molar-refractivity contribution in [2.45, 2.75) is 38.5 Å². The first kappa shape index (κ1) is 16.8. The highest BCUT2D eigenvalue weighted by Gasteiger charge is 2.14. The number of nitrogens with one attached hydrogen (secondary N) is 1. The molecule has 0 bridgehead atoms. The summed E-state index contributed by atoms with van der Waals surface area (Å²) in [5, 5.41) is 0. The first-order valence-corrected chi connectivity index (χ1v) is 8.37. The lowest BCUT2D eigenvalue weighted by Gasteiger charge is -2.12. The van der Waals surface area contributed by atoms with Gasteiger partial charge in [0.05, 0.1) is 17.2 Å². The van der Waals surface area contributed by atoms with E-state index in [0.29, 0.717) is 30.5 Å². The van der Waals surface area contributed by atoms with Gasteiger partial charge in [0.25, 0.3) is 0 Å². The number of hydrogen-bond acceptors (Lipinski definition) is 4. The molecule has 0 radical (unpaired) electrons. The van der Waals surface area contributed by atoms with Crippen LogP contribution in [0, 0.1) is 5.92 Å². The molecule has 0 aliphatic carbocycles. The molecule has 20 heavy (non-hydrogen) atoms. The van der Waals surface area contributed by atoms with Crippen LogP contribution in [-0.4, -0.2) is 21.6 Å². The van der Waals surface area contributed by atoms with E-state index in [1.54, 1.807) is 13.0 Å². The molecule has 0 amide bonds. The smallest absolute Gasteiger partial charge is 0.240 e. The molecule has 1 aromatic carbocycles. The number of nitrogens with two attached hydrogens (primary N) is 1. The van der Waals surface area contributed by atoms with Crippen molar-refractivity contribution < 1.29 is 13.2 Å². The molecule has 0 saturated heterocycles. The fourth-order valence-electron chi connectivity index (χ4n) is 1.75. The van der Waals surface area contributed by atoms with E-state index in [1.807, 2.05) is 0 Å². The number of hydrogen-bond donors (Lipinski definition) is 2. The summed E-state index contributed by atoms with van der Waals surface area (Å²) in [7, 11) is -3.48. The lowest BCUT2D eigenvalue weighted by molar-refractivity contribution is 0.298. The highest BCUT2D eigenvalue weighted by molar-refractivity contribution is 7.89. The van der Waals surface area contributed by atoms with Crippen LogP contribution >= 0.6 is 0 Å². The summed E-state index contributed by atoms with van der Waals surface area (Å²) in [6.07, 6.45) is 1.98. The quantitative estimate of drug-likeness (QED) is 0.570. The van der Waals surface area contributed by atoms with E-state index in [4.69, 9.17) is 10.5 Å². The fraction of sp³-hybridized carbons (Fsp3) is 0.571. The highest BCUT2D eigenvalue weighted by Crippen LogP contribution is 2.25. The Labute approximate surface area is 121 Å². The zero-order valence-corrected chi connectivity index (χ0v) is 13.2. The SMILES string of the molecule is CCNS(=O)(=O)c1ccc(N)c(OCCCC(C)C)c1. The molecule has 1 rings (SSSR count). The molecule has 1 aromatic rings. The lowest BCUT2D eigenvalue weighted by Crippen LogP contribution is -2.23. The maximum atomic E-state index is 11.9. The van der Waals surface area contributed by atoms with E-state index in [9.17, 15) is 8.42 Å². The standard InChI is InChI=1S/C14H24N2O3S/c1-4-16-20(17,18)12-7-8-13(15)14(10-12)19-9-5-6-11(2)3/h7-8,10-11,16H,4-6,9,15H2,1-3H3. The largest absolute Gasteiger partial charge is 0.491 e. The van der Waals surface area contributed by atoms with Crippen LogP contribution in [0.4, 0.5) is 5.69 Å². The topological polar surface area (TPSA) is 81.4 Å². The molecule has 5 nitrogen and oxygen atoms in total. The monoisotopic (exact) mass is 300 g/mol. The summed E-state index contributed by atoms with van der Waals surface area (Å²) in [5.41, 5.74) is 6.26. The molecular weight excluding hydrogens is 276 g/mol. The van der Waals surface area contributed by atoms with Crippen molar-refractivity contribution in [1.29, 1.82) is 0 Å². The van der Waals surface area contributed by atoms with Crippen LogP contribution in [0.2, 0.25) is 0 Å². The molecule has 0 unspecified atom stereocenters. The summed E-state index contributed by atoms with van der Waals surface area (Å²) in [5.74, 6) is 1.05. The van der Waals surface area contributed by atoms with E-state index >= 15 is 0 Å². The predicted molar refractivity (Wildman–Crippen MR) is 81.3 cm³/mol. The van der Waals surface area contributed by atoms with Crippen LogP contribution in [-0.2, 0) is 10.0 Å². The van der Waals surface area contributed by atoms with Gasteiger partial charge in [-0.1, -0.05) is 20.8 Å². The number of sulfonamides is 1. The first-order valence-electron chi connectivity index (χ1n) is 6.88. The minimum Gasteiger partial charge on any atom is -0.491 e. The van der Waals surface area contributed by atoms with E-state index in [1.165, 1.54) is 12.1 Å². The molecule has 0 aromatic heterocycles.